The zero-order chi connectivity index (χ0) is 15.4. The SMILES string of the molecule is CCc1nn(CC)c(COc2c(Br)cccc2C=O)c1Br. The van der Waals surface area contributed by atoms with Crippen LogP contribution in [0, 0.1) is 0 Å². The molecule has 112 valence electrons. The lowest BCUT2D eigenvalue weighted by atomic mass is 10.2. The topological polar surface area (TPSA) is 44.1 Å². The van der Waals surface area contributed by atoms with Crippen molar-refractivity contribution in [3.63, 3.8) is 0 Å². The molecule has 0 saturated carbocycles. The third-order valence-corrected chi connectivity index (χ3v) is 4.71. The largest absolute Gasteiger partial charge is 0.485 e. The lowest BCUT2D eigenvalue weighted by molar-refractivity contribution is 0.111. The molecule has 0 unspecified atom stereocenters. The molecule has 0 fully saturated rings. The lowest BCUT2D eigenvalue weighted by Crippen LogP contribution is -2.07. The number of benzene rings is 1. The van der Waals surface area contributed by atoms with Crippen LogP contribution in [0.1, 0.15) is 35.6 Å². The zero-order valence-electron chi connectivity index (χ0n) is 11.9. The van der Waals surface area contributed by atoms with E-state index in [2.05, 4.69) is 43.9 Å². The summed E-state index contributed by atoms with van der Waals surface area (Å²) in [6.07, 6.45) is 1.65. The Morgan fingerprint density at radius 2 is 2.10 bits per heavy atom. The van der Waals surface area contributed by atoms with E-state index in [-0.39, 0.29) is 0 Å². The number of hydrogen-bond acceptors (Lipinski definition) is 3. The molecule has 4 nitrogen and oxygen atoms in total. The molecular formula is C15H16Br2N2O2. The molecule has 2 rings (SSSR count). The van der Waals surface area contributed by atoms with E-state index in [0.29, 0.717) is 17.9 Å². The second kappa shape index (κ2) is 7.22. The number of carbonyl (C=O) groups is 1. The van der Waals surface area contributed by atoms with Crippen LogP contribution in [0.15, 0.2) is 27.1 Å². The fourth-order valence-electron chi connectivity index (χ4n) is 2.07. The number of hydrogen-bond donors (Lipinski definition) is 0. The summed E-state index contributed by atoms with van der Waals surface area (Å²) in [5, 5.41) is 4.53. The first-order valence-corrected chi connectivity index (χ1v) is 8.31. The minimum atomic E-state index is 0.352. The second-order valence-corrected chi connectivity index (χ2v) is 6.09. The summed E-state index contributed by atoms with van der Waals surface area (Å²) < 4.78 is 9.52. The molecule has 0 saturated heterocycles. The molecule has 1 aromatic heterocycles. The van der Waals surface area contributed by atoms with Crippen molar-refractivity contribution in [1.82, 2.24) is 9.78 Å². The molecule has 0 aliphatic heterocycles. The highest BCUT2D eigenvalue weighted by Gasteiger charge is 2.16. The molecule has 0 aliphatic carbocycles. The third-order valence-electron chi connectivity index (χ3n) is 3.17. The van der Waals surface area contributed by atoms with E-state index in [4.69, 9.17) is 4.74 Å². The second-order valence-electron chi connectivity index (χ2n) is 4.44. The average molecular weight is 416 g/mol. The van der Waals surface area contributed by atoms with Crippen LogP contribution in [0.25, 0.3) is 0 Å². The van der Waals surface area contributed by atoms with Gasteiger partial charge in [0, 0.05) is 6.54 Å². The first-order valence-electron chi connectivity index (χ1n) is 6.72. The number of carbonyl (C=O) groups excluding carboxylic acids is 1. The molecule has 2 aromatic rings. The summed E-state index contributed by atoms with van der Waals surface area (Å²) in [4.78, 5) is 11.1. The first-order chi connectivity index (χ1) is 10.1. The molecule has 0 aliphatic rings. The van der Waals surface area contributed by atoms with E-state index in [0.717, 1.165) is 39.6 Å². The van der Waals surface area contributed by atoms with Crippen molar-refractivity contribution in [2.24, 2.45) is 0 Å². The lowest BCUT2D eigenvalue weighted by Gasteiger charge is -2.11. The molecular weight excluding hydrogens is 400 g/mol. The van der Waals surface area contributed by atoms with Crippen LogP contribution in [0.2, 0.25) is 0 Å². The smallest absolute Gasteiger partial charge is 0.153 e. The Bertz CT molecular complexity index is 653. The fourth-order valence-corrected chi connectivity index (χ4v) is 3.24. The minimum absolute atomic E-state index is 0.352. The van der Waals surface area contributed by atoms with Gasteiger partial charge in [-0.2, -0.15) is 5.10 Å². The van der Waals surface area contributed by atoms with E-state index < -0.39 is 0 Å². The van der Waals surface area contributed by atoms with Crippen LogP contribution in [-0.4, -0.2) is 16.1 Å². The Hall–Kier alpha value is -1.14. The summed E-state index contributed by atoms with van der Waals surface area (Å²) in [5.74, 6) is 0.557. The number of aromatic nitrogens is 2. The van der Waals surface area contributed by atoms with Gasteiger partial charge in [-0.15, -0.1) is 0 Å². The predicted molar refractivity (Wildman–Crippen MR) is 88.8 cm³/mol. The number of halogens is 2. The van der Waals surface area contributed by atoms with Gasteiger partial charge in [0.2, 0.25) is 0 Å². The molecule has 1 aromatic carbocycles. The molecule has 0 amide bonds. The van der Waals surface area contributed by atoms with Gasteiger partial charge in [0.05, 0.1) is 25.9 Å². The number of rotatable bonds is 6. The van der Waals surface area contributed by atoms with Crippen LogP contribution in [0.5, 0.6) is 5.75 Å². The van der Waals surface area contributed by atoms with Crippen LogP contribution in [0.3, 0.4) is 0 Å². The van der Waals surface area contributed by atoms with E-state index in [1.807, 2.05) is 23.7 Å². The van der Waals surface area contributed by atoms with Gasteiger partial charge in [-0.05, 0) is 57.3 Å². The first kappa shape index (κ1) is 16.2. The molecule has 1 heterocycles. The number of aryl methyl sites for hydroxylation is 2. The Kier molecular flexibility index (Phi) is 5.58. The highest BCUT2D eigenvalue weighted by molar-refractivity contribution is 9.10. The van der Waals surface area contributed by atoms with Gasteiger partial charge in [0.15, 0.2) is 6.29 Å². The molecule has 21 heavy (non-hydrogen) atoms. The van der Waals surface area contributed by atoms with Gasteiger partial charge >= 0.3 is 0 Å². The van der Waals surface area contributed by atoms with Gasteiger partial charge in [-0.1, -0.05) is 13.0 Å². The Balaban J connectivity index is 2.28. The summed E-state index contributed by atoms with van der Waals surface area (Å²) in [5.41, 5.74) is 2.51. The van der Waals surface area contributed by atoms with E-state index >= 15 is 0 Å². The Morgan fingerprint density at radius 3 is 2.71 bits per heavy atom. The van der Waals surface area contributed by atoms with Crippen LogP contribution in [0.4, 0.5) is 0 Å². The van der Waals surface area contributed by atoms with Crippen LogP contribution >= 0.6 is 31.9 Å². The molecule has 6 heteroatoms. The molecule has 0 spiro atoms. The average Bonchev–Trinajstić information content (AvgIpc) is 2.81. The zero-order valence-corrected chi connectivity index (χ0v) is 15.1. The van der Waals surface area contributed by atoms with Gasteiger partial charge in [-0.25, -0.2) is 0 Å². The maximum atomic E-state index is 11.1. The van der Waals surface area contributed by atoms with E-state index in [9.17, 15) is 4.79 Å². The van der Waals surface area contributed by atoms with Crippen molar-refractivity contribution in [1.29, 1.82) is 0 Å². The minimum Gasteiger partial charge on any atom is -0.485 e. The van der Waals surface area contributed by atoms with Crippen molar-refractivity contribution >= 4 is 38.1 Å². The van der Waals surface area contributed by atoms with Crippen molar-refractivity contribution in [2.45, 2.75) is 33.4 Å². The maximum absolute atomic E-state index is 11.1. The molecule has 0 radical (unpaired) electrons. The summed E-state index contributed by atoms with van der Waals surface area (Å²) >= 11 is 7.00. The summed E-state index contributed by atoms with van der Waals surface area (Å²) in [7, 11) is 0. The summed E-state index contributed by atoms with van der Waals surface area (Å²) in [6.45, 7) is 5.23. The number of para-hydroxylation sites is 1. The predicted octanol–water partition coefficient (Wildman–Crippen LogP) is 4.38. The fraction of sp³-hybridized carbons (Fsp3) is 0.333. The van der Waals surface area contributed by atoms with Gasteiger partial charge in [-0.3, -0.25) is 9.48 Å². The van der Waals surface area contributed by atoms with Gasteiger partial charge < -0.3 is 4.74 Å². The monoisotopic (exact) mass is 414 g/mol. The molecule has 0 atom stereocenters. The maximum Gasteiger partial charge on any atom is 0.153 e. The van der Waals surface area contributed by atoms with Crippen molar-refractivity contribution < 1.29 is 9.53 Å². The number of ether oxygens (including phenoxy) is 1. The highest BCUT2D eigenvalue weighted by Crippen LogP contribution is 2.30. The van der Waals surface area contributed by atoms with Crippen molar-refractivity contribution in [2.75, 3.05) is 0 Å². The normalized spacial score (nSPS) is 10.7. The van der Waals surface area contributed by atoms with Crippen LogP contribution in [-0.2, 0) is 19.6 Å². The van der Waals surface area contributed by atoms with Gasteiger partial charge in [0.25, 0.3) is 0 Å². The number of aldehydes is 1. The van der Waals surface area contributed by atoms with Crippen LogP contribution < -0.4 is 4.74 Å². The van der Waals surface area contributed by atoms with Crippen molar-refractivity contribution in [3.8, 4) is 5.75 Å². The molecule has 0 bridgehead atoms. The van der Waals surface area contributed by atoms with E-state index in [1.54, 1.807) is 6.07 Å². The Labute approximate surface area is 140 Å². The van der Waals surface area contributed by atoms with E-state index in [1.165, 1.54) is 0 Å². The standard InChI is InChI=1S/C15H16Br2N2O2/c1-3-12-14(17)13(19(4-2)18-12)9-21-15-10(8-20)6-5-7-11(15)16/h5-8H,3-4,9H2,1-2H3. The Morgan fingerprint density at radius 1 is 1.33 bits per heavy atom. The number of nitrogens with zero attached hydrogens (tertiary/aromatic N) is 2. The summed E-state index contributed by atoms with van der Waals surface area (Å²) in [6, 6.07) is 5.39. The molecule has 0 N–H and O–H groups in total. The quantitative estimate of drug-likeness (QED) is 0.657. The van der Waals surface area contributed by atoms with Crippen molar-refractivity contribution in [3.05, 3.63) is 44.1 Å². The third kappa shape index (κ3) is 3.37. The van der Waals surface area contributed by atoms with Gasteiger partial charge in [0.1, 0.15) is 12.4 Å². The highest BCUT2D eigenvalue weighted by atomic mass is 79.9.